The van der Waals surface area contributed by atoms with Gasteiger partial charge < -0.3 is 11.1 Å². The predicted molar refractivity (Wildman–Crippen MR) is 71.9 cm³/mol. The third kappa shape index (κ3) is 3.86. The molecule has 0 saturated carbocycles. The van der Waals surface area contributed by atoms with E-state index in [-0.39, 0.29) is 11.8 Å². The molecule has 3 N–H and O–H groups in total. The number of amides is 1. The third-order valence-corrected chi connectivity index (χ3v) is 3.16. The number of hydrogen-bond acceptors (Lipinski definition) is 2. The van der Waals surface area contributed by atoms with Gasteiger partial charge in [-0.3, -0.25) is 4.79 Å². The summed E-state index contributed by atoms with van der Waals surface area (Å²) in [4.78, 5) is 11.9. The van der Waals surface area contributed by atoms with Crippen LogP contribution < -0.4 is 11.1 Å². The van der Waals surface area contributed by atoms with Gasteiger partial charge in [0.15, 0.2) is 0 Å². The molecule has 0 aliphatic rings. The summed E-state index contributed by atoms with van der Waals surface area (Å²) in [5.74, 6) is 0.0944. The van der Waals surface area contributed by atoms with Gasteiger partial charge in [0.25, 0.3) is 0 Å². The third-order valence-electron chi connectivity index (χ3n) is 3.16. The number of rotatable bonds is 5. The summed E-state index contributed by atoms with van der Waals surface area (Å²) in [5.41, 5.74) is 7.91. The van der Waals surface area contributed by atoms with Gasteiger partial charge in [0.1, 0.15) is 0 Å². The summed E-state index contributed by atoms with van der Waals surface area (Å²) in [6, 6.07) is 7.43. The average Bonchev–Trinajstić information content (AvgIpc) is 2.37. The van der Waals surface area contributed by atoms with Crippen LogP contribution in [0.2, 0.25) is 0 Å². The molecule has 1 aromatic rings. The number of carbonyl (C=O) groups is 1. The van der Waals surface area contributed by atoms with Crippen LogP contribution in [0.3, 0.4) is 0 Å². The Bertz CT molecular complexity index is 376. The van der Waals surface area contributed by atoms with E-state index >= 15 is 0 Å². The smallest absolute Gasteiger partial charge is 0.241 e. The van der Waals surface area contributed by atoms with Gasteiger partial charge >= 0.3 is 0 Å². The fourth-order valence-corrected chi connectivity index (χ4v) is 1.61. The van der Waals surface area contributed by atoms with Crippen molar-refractivity contribution in [3.8, 4) is 0 Å². The van der Waals surface area contributed by atoms with Crippen LogP contribution in [0.4, 0.5) is 5.69 Å². The molecular weight excluding hydrogens is 212 g/mol. The first-order valence-corrected chi connectivity index (χ1v) is 6.23. The van der Waals surface area contributed by atoms with Crippen LogP contribution in [-0.4, -0.2) is 11.9 Å². The summed E-state index contributed by atoms with van der Waals surface area (Å²) < 4.78 is 0. The minimum Gasteiger partial charge on any atom is -0.325 e. The van der Waals surface area contributed by atoms with Crippen molar-refractivity contribution < 1.29 is 4.79 Å². The molecule has 0 saturated heterocycles. The van der Waals surface area contributed by atoms with Crippen molar-refractivity contribution in [3.05, 3.63) is 29.8 Å². The number of anilines is 1. The van der Waals surface area contributed by atoms with Crippen LogP contribution in [0.25, 0.3) is 0 Å². The van der Waals surface area contributed by atoms with Crippen molar-refractivity contribution in [2.45, 2.75) is 39.7 Å². The Hall–Kier alpha value is -1.35. The number of benzene rings is 1. The van der Waals surface area contributed by atoms with Crippen LogP contribution in [0, 0.1) is 5.92 Å². The van der Waals surface area contributed by atoms with Gasteiger partial charge in [0, 0.05) is 5.69 Å². The molecule has 0 aromatic heterocycles. The van der Waals surface area contributed by atoms with Gasteiger partial charge in [0.2, 0.25) is 5.91 Å². The van der Waals surface area contributed by atoms with Crippen molar-refractivity contribution in [1.29, 1.82) is 0 Å². The van der Waals surface area contributed by atoms with Crippen molar-refractivity contribution in [3.63, 3.8) is 0 Å². The van der Waals surface area contributed by atoms with E-state index in [1.165, 1.54) is 5.56 Å². The molecule has 3 nitrogen and oxygen atoms in total. The molecule has 0 fully saturated rings. The maximum atomic E-state index is 11.9. The quantitative estimate of drug-likeness (QED) is 0.822. The van der Waals surface area contributed by atoms with Gasteiger partial charge in [-0.1, -0.05) is 39.3 Å². The number of carbonyl (C=O) groups excluding carboxylic acids is 1. The molecule has 3 heteroatoms. The lowest BCUT2D eigenvalue weighted by Gasteiger charge is -2.17. The van der Waals surface area contributed by atoms with E-state index < -0.39 is 6.04 Å². The molecule has 1 rings (SSSR count). The minimum absolute atomic E-state index is 0.104. The van der Waals surface area contributed by atoms with E-state index in [1.54, 1.807) is 0 Å². The second-order valence-electron chi connectivity index (χ2n) is 4.45. The Labute approximate surface area is 103 Å². The normalized spacial score (nSPS) is 14.1. The van der Waals surface area contributed by atoms with E-state index in [0.29, 0.717) is 0 Å². The summed E-state index contributed by atoms with van der Waals surface area (Å²) in [6.07, 6.45) is 1.87. The lowest BCUT2D eigenvalue weighted by Crippen LogP contribution is -2.40. The van der Waals surface area contributed by atoms with Crippen LogP contribution in [0.5, 0.6) is 0 Å². The summed E-state index contributed by atoms with van der Waals surface area (Å²) in [7, 11) is 0. The van der Waals surface area contributed by atoms with Crippen molar-refractivity contribution >= 4 is 11.6 Å². The van der Waals surface area contributed by atoms with E-state index in [2.05, 4.69) is 12.2 Å². The standard InChI is InChI=1S/C14H22N2O/c1-4-10(3)13(15)14(17)16-12-8-6-7-11(5-2)9-12/h6-10,13H,4-5,15H2,1-3H3,(H,16,17)/t10-,13-/m0/s1. The molecule has 17 heavy (non-hydrogen) atoms. The van der Waals surface area contributed by atoms with Crippen molar-refractivity contribution in [2.24, 2.45) is 11.7 Å². The van der Waals surface area contributed by atoms with Crippen LogP contribution >= 0.6 is 0 Å². The zero-order valence-electron chi connectivity index (χ0n) is 10.9. The zero-order valence-corrected chi connectivity index (χ0v) is 10.9. The first kappa shape index (κ1) is 13.7. The van der Waals surface area contributed by atoms with Gasteiger partial charge in [-0.05, 0) is 30.0 Å². The second-order valence-corrected chi connectivity index (χ2v) is 4.45. The van der Waals surface area contributed by atoms with E-state index in [9.17, 15) is 4.79 Å². The molecule has 94 valence electrons. The molecule has 0 radical (unpaired) electrons. The molecular formula is C14H22N2O. The average molecular weight is 234 g/mol. The molecule has 0 spiro atoms. The number of nitrogens with one attached hydrogen (secondary N) is 1. The highest BCUT2D eigenvalue weighted by atomic mass is 16.2. The molecule has 0 heterocycles. The number of hydrogen-bond donors (Lipinski definition) is 2. The maximum Gasteiger partial charge on any atom is 0.241 e. The Morgan fingerprint density at radius 3 is 2.71 bits per heavy atom. The monoisotopic (exact) mass is 234 g/mol. The number of nitrogens with two attached hydrogens (primary N) is 1. The van der Waals surface area contributed by atoms with Crippen molar-refractivity contribution in [2.75, 3.05) is 5.32 Å². The molecule has 1 aromatic carbocycles. The molecule has 0 aliphatic heterocycles. The lowest BCUT2D eigenvalue weighted by molar-refractivity contribution is -0.118. The Kier molecular flexibility index (Phi) is 5.16. The molecule has 0 bridgehead atoms. The van der Waals surface area contributed by atoms with Gasteiger partial charge in [-0.25, -0.2) is 0 Å². The Morgan fingerprint density at radius 2 is 2.12 bits per heavy atom. The van der Waals surface area contributed by atoms with E-state index in [4.69, 9.17) is 5.73 Å². The maximum absolute atomic E-state index is 11.9. The Morgan fingerprint density at radius 1 is 1.41 bits per heavy atom. The fourth-order valence-electron chi connectivity index (χ4n) is 1.61. The summed E-state index contributed by atoms with van der Waals surface area (Å²) in [5, 5.41) is 2.87. The van der Waals surface area contributed by atoms with Crippen LogP contribution in [0.1, 0.15) is 32.8 Å². The molecule has 0 aliphatic carbocycles. The highest BCUT2D eigenvalue weighted by Crippen LogP contribution is 2.13. The van der Waals surface area contributed by atoms with E-state index in [0.717, 1.165) is 18.5 Å². The second kappa shape index (κ2) is 6.40. The highest BCUT2D eigenvalue weighted by molar-refractivity contribution is 5.94. The minimum atomic E-state index is -0.440. The molecule has 2 atom stereocenters. The van der Waals surface area contributed by atoms with Crippen LogP contribution in [-0.2, 0) is 11.2 Å². The molecule has 1 amide bonds. The highest BCUT2D eigenvalue weighted by Gasteiger charge is 2.19. The predicted octanol–water partition coefficient (Wildman–Crippen LogP) is 2.56. The first-order valence-electron chi connectivity index (χ1n) is 6.23. The van der Waals surface area contributed by atoms with Gasteiger partial charge in [-0.2, -0.15) is 0 Å². The molecule has 0 unspecified atom stereocenters. The van der Waals surface area contributed by atoms with Crippen LogP contribution in [0.15, 0.2) is 24.3 Å². The fraction of sp³-hybridized carbons (Fsp3) is 0.500. The van der Waals surface area contributed by atoms with E-state index in [1.807, 2.05) is 38.1 Å². The lowest BCUT2D eigenvalue weighted by atomic mass is 9.99. The summed E-state index contributed by atoms with van der Waals surface area (Å²) >= 11 is 0. The van der Waals surface area contributed by atoms with Crippen molar-refractivity contribution in [1.82, 2.24) is 0 Å². The first-order chi connectivity index (χ1) is 8.08. The Balaban J connectivity index is 2.67. The topological polar surface area (TPSA) is 55.1 Å². The number of aryl methyl sites for hydroxylation is 1. The zero-order chi connectivity index (χ0) is 12.8. The summed E-state index contributed by atoms with van der Waals surface area (Å²) in [6.45, 7) is 6.12. The SMILES string of the molecule is CCc1cccc(NC(=O)[C@@H](N)[C@@H](C)CC)c1. The van der Waals surface area contributed by atoms with Gasteiger partial charge in [0.05, 0.1) is 6.04 Å². The van der Waals surface area contributed by atoms with Gasteiger partial charge in [-0.15, -0.1) is 0 Å². The largest absolute Gasteiger partial charge is 0.325 e.